The molecule has 2 bridgehead atoms. The summed E-state index contributed by atoms with van der Waals surface area (Å²) in [6, 6.07) is 0. The van der Waals surface area contributed by atoms with Crippen molar-refractivity contribution in [2.24, 2.45) is 10.8 Å². The Morgan fingerprint density at radius 1 is 1.21 bits per heavy atom. The molecule has 0 aliphatic heterocycles. The molecule has 2 fully saturated rings. The number of hydrogen-bond acceptors (Lipinski definition) is 3. The summed E-state index contributed by atoms with van der Waals surface area (Å²) in [7, 11) is 0. The van der Waals surface area contributed by atoms with Crippen LogP contribution in [0.2, 0.25) is 0 Å². The van der Waals surface area contributed by atoms with Gasteiger partial charge in [0.15, 0.2) is 0 Å². The maximum Gasteiger partial charge on any atom is 0.407 e. The van der Waals surface area contributed by atoms with Crippen LogP contribution in [0.1, 0.15) is 52.9 Å². The van der Waals surface area contributed by atoms with Crippen molar-refractivity contribution in [3.63, 3.8) is 0 Å². The minimum Gasteiger partial charge on any atom is -0.481 e. The molecule has 19 heavy (non-hydrogen) atoms. The summed E-state index contributed by atoms with van der Waals surface area (Å²) < 4.78 is 5.21. The van der Waals surface area contributed by atoms with Gasteiger partial charge in [-0.2, -0.15) is 0 Å². The first-order valence-corrected chi connectivity index (χ1v) is 6.87. The summed E-state index contributed by atoms with van der Waals surface area (Å²) in [5.41, 5.74) is -1.07. The Kier molecular flexibility index (Phi) is 3.27. The number of alkyl carbamates (subject to hydrolysis) is 1. The summed E-state index contributed by atoms with van der Waals surface area (Å²) in [5.74, 6) is -0.677. The van der Waals surface area contributed by atoms with E-state index in [1.807, 2.05) is 20.8 Å². The summed E-state index contributed by atoms with van der Waals surface area (Å²) in [5, 5.41) is 12.1. The molecule has 2 rings (SSSR count). The minimum atomic E-state index is -0.677. The molecule has 0 spiro atoms. The molecule has 5 heteroatoms. The van der Waals surface area contributed by atoms with E-state index in [0.29, 0.717) is 13.0 Å². The molecular weight excluding hydrogens is 246 g/mol. The zero-order chi connectivity index (χ0) is 14.3. The molecule has 0 unspecified atom stereocenters. The highest BCUT2D eigenvalue weighted by Crippen LogP contribution is 2.61. The van der Waals surface area contributed by atoms with Crippen LogP contribution >= 0.6 is 0 Å². The van der Waals surface area contributed by atoms with E-state index >= 15 is 0 Å². The smallest absolute Gasteiger partial charge is 0.407 e. The van der Waals surface area contributed by atoms with Crippen LogP contribution in [0.5, 0.6) is 0 Å². The zero-order valence-electron chi connectivity index (χ0n) is 11.9. The number of ether oxygens (including phenoxy) is 1. The highest BCUT2D eigenvalue weighted by atomic mass is 16.6. The lowest BCUT2D eigenvalue weighted by atomic mass is 9.82. The van der Waals surface area contributed by atoms with E-state index in [0.717, 1.165) is 25.7 Å². The molecule has 0 heterocycles. The Hall–Kier alpha value is -1.26. The number of hydrogen-bond donors (Lipinski definition) is 2. The van der Waals surface area contributed by atoms with E-state index in [2.05, 4.69) is 5.32 Å². The van der Waals surface area contributed by atoms with E-state index in [4.69, 9.17) is 4.74 Å². The molecular formula is C14H23NO4. The van der Waals surface area contributed by atoms with Crippen molar-refractivity contribution in [1.29, 1.82) is 0 Å². The van der Waals surface area contributed by atoms with Crippen LogP contribution in [0.3, 0.4) is 0 Å². The maximum absolute atomic E-state index is 11.7. The predicted molar refractivity (Wildman–Crippen MR) is 69.8 cm³/mol. The highest BCUT2D eigenvalue weighted by Gasteiger charge is 2.58. The molecule has 2 aliphatic carbocycles. The van der Waals surface area contributed by atoms with Gasteiger partial charge in [-0.15, -0.1) is 0 Å². The second-order valence-electron chi connectivity index (χ2n) is 7.12. The lowest BCUT2D eigenvalue weighted by Gasteiger charge is -2.27. The van der Waals surface area contributed by atoms with Gasteiger partial charge >= 0.3 is 12.1 Å². The Balaban J connectivity index is 1.88. The van der Waals surface area contributed by atoms with Crippen molar-refractivity contribution in [1.82, 2.24) is 5.32 Å². The monoisotopic (exact) mass is 269 g/mol. The number of fused-ring (bicyclic) bond motifs is 2. The first-order chi connectivity index (χ1) is 8.67. The van der Waals surface area contributed by atoms with Crippen molar-refractivity contribution in [3.05, 3.63) is 0 Å². The van der Waals surface area contributed by atoms with Crippen molar-refractivity contribution in [2.75, 3.05) is 6.54 Å². The van der Waals surface area contributed by atoms with Gasteiger partial charge in [-0.1, -0.05) is 0 Å². The Bertz CT molecular complexity index is 389. The first kappa shape index (κ1) is 14.2. The normalized spacial score (nSPS) is 33.2. The Labute approximate surface area is 113 Å². The third-order valence-electron chi connectivity index (χ3n) is 4.44. The molecule has 2 aliphatic rings. The SMILES string of the molecule is CC(C)(C)OC(=O)NCC12CCC(C(=O)O)(CC1)C2. The summed E-state index contributed by atoms with van der Waals surface area (Å²) in [4.78, 5) is 23.0. The first-order valence-electron chi connectivity index (χ1n) is 6.87. The van der Waals surface area contributed by atoms with Gasteiger partial charge in [0.05, 0.1) is 5.41 Å². The largest absolute Gasteiger partial charge is 0.481 e. The number of carboxylic acids is 1. The molecule has 1 amide bonds. The van der Waals surface area contributed by atoms with Crippen LogP contribution in [0, 0.1) is 10.8 Å². The number of carboxylic acid groups (broad SMARTS) is 1. The molecule has 0 aromatic heterocycles. The average molecular weight is 269 g/mol. The molecule has 0 aromatic carbocycles. The van der Waals surface area contributed by atoms with Gasteiger partial charge in [0.2, 0.25) is 0 Å². The fourth-order valence-corrected chi connectivity index (χ4v) is 3.43. The van der Waals surface area contributed by atoms with E-state index in [1.54, 1.807) is 0 Å². The zero-order valence-corrected chi connectivity index (χ0v) is 11.9. The number of aliphatic carboxylic acids is 1. The fraction of sp³-hybridized carbons (Fsp3) is 0.857. The lowest BCUT2D eigenvalue weighted by molar-refractivity contribution is -0.148. The molecule has 2 N–H and O–H groups in total. The van der Waals surface area contributed by atoms with E-state index in [1.165, 1.54) is 0 Å². The van der Waals surface area contributed by atoms with Gasteiger partial charge in [-0.25, -0.2) is 4.79 Å². The minimum absolute atomic E-state index is 0.0324. The summed E-state index contributed by atoms with van der Waals surface area (Å²) in [6.45, 7) is 6.00. The maximum atomic E-state index is 11.7. The van der Waals surface area contributed by atoms with Gasteiger partial charge in [0.1, 0.15) is 5.60 Å². The molecule has 0 aromatic rings. The number of carbonyl (C=O) groups is 2. The van der Waals surface area contributed by atoms with Crippen LogP contribution in [0.4, 0.5) is 4.79 Å². The number of nitrogens with one attached hydrogen (secondary N) is 1. The second-order valence-corrected chi connectivity index (χ2v) is 7.12. The third kappa shape index (κ3) is 2.85. The van der Waals surface area contributed by atoms with Crippen molar-refractivity contribution in [2.45, 2.75) is 58.5 Å². The second kappa shape index (κ2) is 4.39. The van der Waals surface area contributed by atoms with Gasteiger partial charge < -0.3 is 15.2 Å². The topological polar surface area (TPSA) is 75.6 Å². The number of amides is 1. The Morgan fingerprint density at radius 2 is 1.79 bits per heavy atom. The van der Waals surface area contributed by atoms with Crippen LogP contribution < -0.4 is 5.32 Å². The van der Waals surface area contributed by atoms with Gasteiger partial charge in [-0.3, -0.25) is 4.79 Å². The highest BCUT2D eigenvalue weighted by molar-refractivity contribution is 5.76. The van der Waals surface area contributed by atoms with Crippen molar-refractivity contribution < 1.29 is 19.4 Å². The molecule has 2 saturated carbocycles. The quantitative estimate of drug-likeness (QED) is 0.825. The van der Waals surface area contributed by atoms with Gasteiger partial charge in [0.25, 0.3) is 0 Å². The summed E-state index contributed by atoms with van der Waals surface area (Å²) >= 11 is 0. The predicted octanol–water partition coefficient (Wildman–Crippen LogP) is 2.55. The fourth-order valence-electron chi connectivity index (χ4n) is 3.43. The van der Waals surface area contributed by atoms with Gasteiger partial charge in [0, 0.05) is 6.54 Å². The molecule has 5 nitrogen and oxygen atoms in total. The van der Waals surface area contributed by atoms with Crippen molar-refractivity contribution in [3.8, 4) is 0 Å². The van der Waals surface area contributed by atoms with Crippen LogP contribution in [0.15, 0.2) is 0 Å². The summed E-state index contributed by atoms with van der Waals surface area (Å²) in [6.07, 6.45) is 3.51. The molecule has 0 atom stereocenters. The van der Waals surface area contributed by atoms with E-state index < -0.39 is 23.1 Å². The van der Waals surface area contributed by atoms with Gasteiger partial charge in [-0.05, 0) is 58.3 Å². The van der Waals surface area contributed by atoms with E-state index in [9.17, 15) is 14.7 Å². The van der Waals surface area contributed by atoms with Crippen LogP contribution in [-0.2, 0) is 9.53 Å². The number of rotatable bonds is 3. The van der Waals surface area contributed by atoms with Crippen molar-refractivity contribution >= 4 is 12.1 Å². The average Bonchev–Trinajstić information content (AvgIpc) is 2.82. The Morgan fingerprint density at radius 3 is 2.21 bits per heavy atom. The standard InChI is InChI=1S/C14H23NO4/c1-12(2,3)19-11(18)15-9-13-4-6-14(8-13,7-5-13)10(16)17/h4-9H2,1-3H3,(H,15,18)(H,16,17). The third-order valence-corrected chi connectivity index (χ3v) is 4.44. The number of carbonyl (C=O) groups excluding carboxylic acids is 1. The van der Waals surface area contributed by atoms with E-state index in [-0.39, 0.29) is 5.41 Å². The lowest BCUT2D eigenvalue weighted by Crippen LogP contribution is -2.38. The molecule has 0 radical (unpaired) electrons. The molecule has 108 valence electrons. The van der Waals surface area contributed by atoms with Crippen LogP contribution in [0.25, 0.3) is 0 Å². The molecule has 0 saturated heterocycles. The van der Waals surface area contributed by atoms with Crippen LogP contribution in [-0.4, -0.2) is 29.3 Å².